The minimum absolute atomic E-state index is 0.0601. The first-order chi connectivity index (χ1) is 10.4. The molecule has 0 atom stereocenters. The monoisotopic (exact) mass is 324 g/mol. The lowest BCUT2D eigenvalue weighted by Gasteiger charge is -2.23. The first-order valence-electron chi connectivity index (χ1n) is 7.59. The number of hydrogen-bond donors (Lipinski definition) is 2. The molecule has 2 aliphatic heterocycles. The zero-order chi connectivity index (χ0) is 15.9. The lowest BCUT2D eigenvalue weighted by molar-refractivity contribution is 0.0222. The average Bonchev–Trinajstić information content (AvgIpc) is 2.79. The molecule has 0 spiro atoms. The predicted molar refractivity (Wildman–Crippen MR) is 85.6 cm³/mol. The highest BCUT2D eigenvalue weighted by Crippen LogP contribution is 2.44. The highest BCUT2D eigenvalue weighted by molar-refractivity contribution is 6.33. The maximum Gasteiger partial charge on any atom is 0.342 e. The Morgan fingerprint density at radius 3 is 2.82 bits per heavy atom. The van der Waals surface area contributed by atoms with Crippen LogP contribution >= 0.6 is 11.6 Å². The Bertz CT molecular complexity index is 610. The van der Waals surface area contributed by atoms with Crippen LogP contribution in [-0.2, 0) is 11.2 Å². The van der Waals surface area contributed by atoms with Gasteiger partial charge in [-0.25, -0.2) is 4.79 Å². The van der Waals surface area contributed by atoms with Gasteiger partial charge in [-0.1, -0.05) is 11.6 Å². The second-order valence-electron chi connectivity index (χ2n) is 6.52. The zero-order valence-corrected chi connectivity index (χ0v) is 13.6. The number of anilines is 1. The van der Waals surface area contributed by atoms with Gasteiger partial charge in [0.1, 0.15) is 23.0 Å². The van der Waals surface area contributed by atoms with Crippen molar-refractivity contribution in [1.29, 1.82) is 0 Å². The molecule has 0 unspecified atom stereocenters. The van der Waals surface area contributed by atoms with Crippen molar-refractivity contribution in [2.75, 3.05) is 18.8 Å². The number of fused-ring (bicyclic) bond motifs is 1. The zero-order valence-electron chi connectivity index (χ0n) is 12.9. The van der Waals surface area contributed by atoms with Crippen LogP contribution in [0.4, 0.5) is 5.69 Å². The van der Waals surface area contributed by atoms with Crippen LogP contribution in [0.2, 0.25) is 5.02 Å². The number of nitrogens with two attached hydrogens (primary N) is 1. The fraction of sp³-hybridized carbons (Fsp3) is 0.562. The third-order valence-electron chi connectivity index (χ3n) is 4.13. The molecule has 2 heterocycles. The summed E-state index contributed by atoms with van der Waals surface area (Å²) in [6, 6.07) is 1.56. The maximum atomic E-state index is 12.5. The molecule has 0 saturated carbocycles. The van der Waals surface area contributed by atoms with E-state index in [2.05, 4.69) is 5.32 Å². The highest BCUT2D eigenvalue weighted by Gasteiger charge is 2.36. The molecule has 1 aromatic carbocycles. The van der Waals surface area contributed by atoms with E-state index in [-0.39, 0.29) is 12.1 Å². The Balaban J connectivity index is 1.89. The summed E-state index contributed by atoms with van der Waals surface area (Å²) in [6.07, 6.45) is 2.21. The number of ether oxygens (including phenoxy) is 2. The number of carbonyl (C=O) groups is 1. The van der Waals surface area contributed by atoms with Gasteiger partial charge in [-0.2, -0.15) is 0 Å². The number of hydrogen-bond acceptors (Lipinski definition) is 5. The lowest BCUT2D eigenvalue weighted by atomic mass is 9.99. The van der Waals surface area contributed by atoms with Crippen LogP contribution in [0.5, 0.6) is 5.75 Å². The molecule has 0 aromatic heterocycles. The van der Waals surface area contributed by atoms with E-state index in [9.17, 15) is 4.79 Å². The summed E-state index contributed by atoms with van der Waals surface area (Å²) in [4.78, 5) is 12.5. The van der Waals surface area contributed by atoms with Crippen LogP contribution in [0.1, 0.15) is 42.6 Å². The molecular formula is C16H21ClN2O3. The Hall–Kier alpha value is -1.46. The second-order valence-corrected chi connectivity index (χ2v) is 6.93. The van der Waals surface area contributed by atoms with Gasteiger partial charge in [-0.05, 0) is 45.8 Å². The Kier molecular flexibility index (Phi) is 3.95. The van der Waals surface area contributed by atoms with E-state index in [1.807, 2.05) is 13.8 Å². The number of benzene rings is 1. The molecule has 0 bridgehead atoms. The largest absolute Gasteiger partial charge is 0.486 e. The van der Waals surface area contributed by atoms with Crippen LogP contribution in [0.3, 0.4) is 0 Å². The van der Waals surface area contributed by atoms with Crippen LogP contribution in [0, 0.1) is 0 Å². The van der Waals surface area contributed by atoms with Crippen molar-refractivity contribution in [1.82, 2.24) is 5.32 Å². The summed E-state index contributed by atoms with van der Waals surface area (Å²) in [5.74, 6) is 0.133. The van der Waals surface area contributed by atoms with Crippen LogP contribution in [0.15, 0.2) is 6.07 Å². The van der Waals surface area contributed by atoms with Gasteiger partial charge in [0.15, 0.2) is 0 Å². The number of halogens is 1. The molecule has 0 amide bonds. The smallest absolute Gasteiger partial charge is 0.342 e. The third kappa shape index (κ3) is 2.88. The number of piperidine rings is 1. The minimum Gasteiger partial charge on any atom is -0.486 e. The molecular weight excluding hydrogens is 304 g/mol. The van der Waals surface area contributed by atoms with Gasteiger partial charge in [0.2, 0.25) is 0 Å². The van der Waals surface area contributed by atoms with Crippen LogP contribution in [-0.4, -0.2) is 30.8 Å². The summed E-state index contributed by atoms with van der Waals surface area (Å²) in [6.45, 7) is 5.65. The lowest BCUT2D eigenvalue weighted by Crippen LogP contribution is -2.33. The molecule has 1 fully saturated rings. The fourth-order valence-electron chi connectivity index (χ4n) is 3.01. The molecule has 1 aromatic rings. The molecule has 2 aliphatic rings. The van der Waals surface area contributed by atoms with E-state index in [1.54, 1.807) is 6.07 Å². The Labute approximate surface area is 135 Å². The van der Waals surface area contributed by atoms with E-state index in [0.717, 1.165) is 31.5 Å². The summed E-state index contributed by atoms with van der Waals surface area (Å²) in [7, 11) is 0. The van der Waals surface area contributed by atoms with Crippen LogP contribution in [0.25, 0.3) is 0 Å². The van der Waals surface area contributed by atoms with Gasteiger partial charge in [-0.3, -0.25) is 0 Å². The van der Waals surface area contributed by atoms with Crippen molar-refractivity contribution in [3.8, 4) is 5.75 Å². The number of nitrogen functional groups attached to an aromatic ring is 1. The van der Waals surface area contributed by atoms with Gasteiger partial charge in [0.05, 0.1) is 10.7 Å². The van der Waals surface area contributed by atoms with E-state index >= 15 is 0 Å². The highest BCUT2D eigenvalue weighted by atomic mass is 35.5. The first-order valence-corrected chi connectivity index (χ1v) is 7.97. The Morgan fingerprint density at radius 2 is 2.14 bits per heavy atom. The maximum absolute atomic E-state index is 12.5. The van der Waals surface area contributed by atoms with Crippen LogP contribution < -0.4 is 15.8 Å². The number of carbonyl (C=O) groups excluding carboxylic acids is 1. The quantitative estimate of drug-likeness (QED) is 0.646. The molecule has 5 nitrogen and oxygen atoms in total. The van der Waals surface area contributed by atoms with E-state index in [4.69, 9.17) is 26.8 Å². The van der Waals surface area contributed by atoms with Crippen molar-refractivity contribution < 1.29 is 14.3 Å². The second kappa shape index (κ2) is 5.63. The summed E-state index contributed by atoms with van der Waals surface area (Å²) >= 11 is 6.18. The van der Waals surface area contributed by atoms with Crippen molar-refractivity contribution in [3.05, 3.63) is 22.2 Å². The van der Waals surface area contributed by atoms with Crippen molar-refractivity contribution >= 4 is 23.3 Å². The van der Waals surface area contributed by atoms with Gasteiger partial charge < -0.3 is 20.5 Å². The number of esters is 1. The summed E-state index contributed by atoms with van der Waals surface area (Å²) < 4.78 is 11.5. The standard InChI is InChI=1S/C16H21ClN2O3/c1-16(2)8-11-13(18)12(17)7-10(14(11)22-16)15(20)21-9-3-5-19-6-4-9/h7,9,19H,3-6,8,18H2,1-2H3. The third-order valence-corrected chi connectivity index (χ3v) is 4.45. The van der Waals surface area contributed by atoms with Gasteiger partial charge in [0.25, 0.3) is 0 Å². The van der Waals surface area contributed by atoms with Gasteiger partial charge in [0, 0.05) is 12.0 Å². The minimum atomic E-state index is -0.398. The summed E-state index contributed by atoms with van der Waals surface area (Å²) in [5.41, 5.74) is 7.30. The molecule has 3 rings (SSSR count). The molecule has 0 aliphatic carbocycles. The first kappa shape index (κ1) is 15.4. The predicted octanol–water partition coefficient (Wildman–Crippen LogP) is 2.54. The number of nitrogens with one attached hydrogen (secondary N) is 1. The fourth-order valence-corrected chi connectivity index (χ4v) is 3.23. The molecule has 0 radical (unpaired) electrons. The average molecular weight is 325 g/mol. The van der Waals surface area contributed by atoms with E-state index in [1.165, 1.54) is 0 Å². The molecule has 3 N–H and O–H groups in total. The summed E-state index contributed by atoms with van der Waals surface area (Å²) in [5, 5.41) is 3.62. The molecule has 1 saturated heterocycles. The normalized spacial score (nSPS) is 20.3. The van der Waals surface area contributed by atoms with Crippen molar-refractivity contribution in [2.45, 2.75) is 44.8 Å². The topological polar surface area (TPSA) is 73.6 Å². The van der Waals surface area contributed by atoms with E-state index < -0.39 is 5.60 Å². The SMILES string of the molecule is CC1(C)Cc2c(N)c(Cl)cc(C(=O)OC3CCNCC3)c2O1. The van der Waals surface area contributed by atoms with Crippen molar-refractivity contribution in [3.63, 3.8) is 0 Å². The van der Waals surface area contributed by atoms with Crippen molar-refractivity contribution in [2.24, 2.45) is 0 Å². The van der Waals surface area contributed by atoms with E-state index in [0.29, 0.717) is 28.4 Å². The van der Waals surface area contributed by atoms with Gasteiger partial charge >= 0.3 is 5.97 Å². The molecule has 120 valence electrons. The Morgan fingerprint density at radius 1 is 1.45 bits per heavy atom. The van der Waals surface area contributed by atoms with Gasteiger partial charge in [-0.15, -0.1) is 0 Å². The molecule has 22 heavy (non-hydrogen) atoms. The molecule has 6 heteroatoms. The number of rotatable bonds is 2.